The van der Waals surface area contributed by atoms with Gasteiger partial charge in [-0.05, 0) is 18.1 Å². The van der Waals surface area contributed by atoms with Crippen molar-refractivity contribution in [1.29, 1.82) is 0 Å². The Balaban J connectivity index is 2.01. The van der Waals surface area contributed by atoms with Crippen LogP contribution in [0.2, 0.25) is 0 Å². The van der Waals surface area contributed by atoms with Gasteiger partial charge >= 0.3 is 0 Å². The lowest BCUT2D eigenvalue weighted by molar-refractivity contribution is 0.641. The van der Waals surface area contributed by atoms with E-state index in [9.17, 15) is 0 Å². The van der Waals surface area contributed by atoms with E-state index in [1.165, 1.54) is 22.2 Å². The van der Waals surface area contributed by atoms with Crippen LogP contribution >= 0.6 is 11.3 Å². The van der Waals surface area contributed by atoms with Crippen LogP contribution in [-0.2, 0) is 19.4 Å². The quantitative estimate of drug-likeness (QED) is 0.780. The Morgan fingerprint density at radius 1 is 1.38 bits per heavy atom. The summed E-state index contributed by atoms with van der Waals surface area (Å²) >= 11 is 1.64. The molecule has 0 atom stereocenters. The topological polar surface area (TPSA) is 53.6 Å². The molecular formula is C16H18N4S. The normalized spacial score (nSPS) is 14.5. The van der Waals surface area contributed by atoms with E-state index in [0.717, 1.165) is 49.4 Å². The van der Waals surface area contributed by atoms with Gasteiger partial charge in [0.1, 0.15) is 5.65 Å². The van der Waals surface area contributed by atoms with Gasteiger partial charge < -0.3 is 10.3 Å². The number of aryl methyl sites for hydroxylation is 1. The van der Waals surface area contributed by atoms with E-state index in [1.54, 1.807) is 11.3 Å². The fraction of sp³-hybridized carbons (Fsp3) is 0.375. The molecule has 108 valence electrons. The zero-order valence-electron chi connectivity index (χ0n) is 12.1. The van der Waals surface area contributed by atoms with E-state index >= 15 is 0 Å². The van der Waals surface area contributed by atoms with Crippen molar-refractivity contribution in [3.63, 3.8) is 0 Å². The van der Waals surface area contributed by atoms with E-state index in [-0.39, 0.29) is 0 Å². The first kappa shape index (κ1) is 13.0. The first-order valence-electron chi connectivity index (χ1n) is 7.49. The van der Waals surface area contributed by atoms with Crippen LogP contribution in [0.25, 0.3) is 22.3 Å². The molecule has 4 rings (SSSR count). The second-order valence-corrected chi connectivity index (χ2v) is 6.24. The highest BCUT2D eigenvalue weighted by Gasteiger charge is 2.20. The summed E-state index contributed by atoms with van der Waals surface area (Å²) in [4.78, 5) is 12.9. The first-order chi connectivity index (χ1) is 10.4. The van der Waals surface area contributed by atoms with E-state index in [2.05, 4.69) is 33.7 Å². The smallest absolute Gasteiger partial charge is 0.138 e. The zero-order valence-corrected chi connectivity index (χ0v) is 12.9. The van der Waals surface area contributed by atoms with Crippen molar-refractivity contribution in [2.75, 3.05) is 6.54 Å². The number of rotatable bonds is 3. The predicted molar refractivity (Wildman–Crippen MR) is 86.6 cm³/mol. The highest BCUT2D eigenvalue weighted by Crippen LogP contribution is 2.34. The summed E-state index contributed by atoms with van der Waals surface area (Å²) in [6.07, 6.45) is 3.16. The van der Waals surface area contributed by atoms with Gasteiger partial charge in [0.2, 0.25) is 0 Å². The molecule has 3 aromatic rings. The van der Waals surface area contributed by atoms with Crippen molar-refractivity contribution in [2.45, 2.75) is 32.7 Å². The van der Waals surface area contributed by atoms with Crippen LogP contribution < -0.4 is 5.32 Å². The molecule has 0 fully saturated rings. The summed E-state index contributed by atoms with van der Waals surface area (Å²) in [6, 6.07) is 2.23. The second kappa shape index (κ2) is 5.24. The largest absolute Gasteiger partial charge is 0.343 e. The minimum absolute atomic E-state index is 0.918. The Hall–Kier alpha value is -1.72. The molecule has 0 saturated carbocycles. The van der Waals surface area contributed by atoms with Crippen molar-refractivity contribution in [3.8, 4) is 11.3 Å². The highest BCUT2D eigenvalue weighted by molar-refractivity contribution is 7.07. The molecule has 5 heteroatoms. The summed E-state index contributed by atoms with van der Waals surface area (Å²) in [6.45, 7) is 4.15. The van der Waals surface area contributed by atoms with Gasteiger partial charge in [0.25, 0.3) is 0 Å². The molecule has 2 N–H and O–H groups in total. The molecule has 3 aromatic heterocycles. The first-order valence-corrected chi connectivity index (χ1v) is 8.43. The number of hydrogen-bond acceptors (Lipinski definition) is 4. The number of nitrogens with zero attached hydrogens (tertiary/aromatic N) is 2. The second-order valence-electron chi connectivity index (χ2n) is 5.52. The van der Waals surface area contributed by atoms with Crippen molar-refractivity contribution in [3.05, 3.63) is 33.9 Å². The Bertz CT molecular complexity index is 773. The summed E-state index contributed by atoms with van der Waals surface area (Å²) in [5.74, 6) is 0. The van der Waals surface area contributed by atoms with Gasteiger partial charge in [0.15, 0.2) is 0 Å². The number of pyridine rings is 1. The number of thiazole rings is 1. The van der Waals surface area contributed by atoms with E-state index in [4.69, 9.17) is 4.98 Å². The molecule has 0 bridgehead atoms. The minimum atomic E-state index is 0.918. The molecule has 21 heavy (non-hydrogen) atoms. The molecule has 0 aliphatic carbocycles. The Morgan fingerprint density at radius 3 is 3.14 bits per heavy atom. The molecular weight excluding hydrogens is 280 g/mol. The fourth-order valence-electron chi connectivity index (χ4n) is 3.13. The van der Waals surface area contributed by atoms with E-state index in [1.807, 2.05) is 5.51 Å². The van der Waals surface area contributed by atoms with Gasteiger partial charge in [0.05, 0.1) is 11.2 Å². The molecule has 0 aromatic carbocycles. The lowest BCUT2D eigenvalue weighted by atomic mass is 10.0. The van der Waals surface area contributed by atoms with Crippen LogP contribution in [-0.4, -0.2) is 21.5 Å². The Morgan fingerprint density at radius 2 is 2.33 bits per heavy atom. The predicted octanol–water partition coefficient (Wildman–Crippen LogP) is 3.28. The molecule has 0 amide bonds. The molecule has 1 aliphatic rings. The van der Waals surface area contributed by atoms with Crippen LogP contribution in [0.4, 0.5) is 0 Å². The molecule has 0 saturated heterocycles. The van der Waals surface area contributed by atoms with E-state index in [0.29, 0.717) is 0 Å². The van der Waals surface area contributed by atoms with Gasteiger partial charge in [-0.1, -0.05) is 13.3 Å². The van der Waals surface area contributed by atoms with Crippen LogP contribution in [0.15, 0.2) is 17.0 Å². The van der Waals surface area contributed by atoms with Crippen LogP contribution in [0.3, 0.4) is 0 Å². The van der Waals surface area contributed by atoms with Crippen molar-refractivity contribution < 1.29 is 0 Å². The SMILES string of the molecule is CCCc1cc(-c2cscn2)c2c3c([nH]c2n1)CCNC3. The van der Waals surface area contributed by atoms with Gasteiger partial charge in [-0.25, -0.2) is 9.97 Å². The molecule has 0 spiro atoms. The van der Waals surface area contributed by atoms with Gasteiger partial charge in [0, 0.05) is 47.2 Å². The van der Waals surface area contributed by atoms with Gasteiger partial charge in [-0.2, -0.15) is 0 Å². The standard InChI is InChI=1S/C16H18N4S/c1-2-3-10-6-11(14-8-21-9-18-14)15-12-7-17-5-4-13(12)20-16(15)19-10/h6,8-9,17H,2-5,7H2,1H3,(H,19,20). The number of aromatic nitrogens is 3. The number of H-pyrrole nitrogens is 1. The van der Waals surface area contributed by atoms with Gasteiger partial charge in [-0.3, -0.25) is 0 Å². The van der Waals surface area contributed by atoms with Crippen LogP contribution in [0.5, 0.6) is 0 Å². The molecule has 4 heterocycles. The lowest BCUT2D eigenvalue weighted by Gasteiger charge is -2.13. The molecule has 1 aliphatic heterocycles. The van der Waals surface area contributed by atoms with Crippen molar-refractivity contribution >= 4 is 22.4 Å². The number of aromatic amines is 1. The van der Waals surface area contributed by atoms with Crippen LogP contribution in [0, 0.1) is 0 Å². The third-order valence-corrected chi connectivity index (χ3v) is 4.66. The summed E-state index contributed by atoms with van der Waals surface area (Å²) < 4.78 is 0. The Kier molecular flexibility index (Phi) is 3.24. The third-order valence-electron chi connectivity index (χ3n) is 4.08. The monoisotopic (exact) mass is 298 g/mol. The highest BCUT2D eigenvalue weighted by atomic mass is 32.1. The average Bonchev–Trinajstić information content (AvgIpc) is 3.14. The maximum absolute atomic E-state index is 4.83. The summed E-state index contributed by atoms with van der Waals surface area (Å²) in [7, 11) is 0. The number of hydrogen-bond donors (Lipinski definition) is 2. The van der Waals surface area contributed by atoms with Crippen molar-refractivity contribution in [1.82, 2.24) is 20.3 Å². The Labute approximate surface area is 127 Å². The van der Waals surface area contributed by atoms with Crippen molar-refractivity contribution in [2.24, 2.45) is 0 Å². The zero-order chi connectivity index (χ0) is 14.2. The fourth-order valence-corrected chi connectivity index (χ4v) is 3.68. The third kappa shape index (κ3) is 2.17. The molecule has 0 unspecified atom stereocenters. The number of nitrogens with one attached hydrogen (secondary N) is 2. The molecule has 0 radical (unpaired) electrons. The maximum Gasteiger partial charge on any atom is 0.138 e. The average molecular weight is 298 g/mol. The maximum atomic E-state index is 4.83. The minimum Gasteiger partial charge on any atom is -0.343 e. The lowest BCUT2D eigenvalue weighted by Crippen LogP contribution is -2.23. The number of fused-ring (bicyclic) bond motifs is 3. The van der Waals surface area contributed by atoms with Gasteiger partial charge in [-0.15, -0.1) is 11.3 Å². The van der Waals surface area contributed by atoms with Crippen LogP contribution in [0.1, 0.15) is 30.3 Å². The summed E-state index contributed by atoms with van der Waals surface area (Å²) in [5, 5.41) is 6.84. The molecule has 4 nitrogen and oxygen atoms in total. The van der Waals surface area contributed by atoms with E-state index < -0.39 is 0 Å². The summed E-state index contributed by atoms with van der Waals surface area (Å²) in [5.41, 5.74) is 9.08.